The van der Waals surface area contributed by atoms with Gasteiger partial charge >= 0.3 is 0 Å². The van der Waals surface area contributed by atoms with Crippen molar-refractivity contribution in [2.24, 2.45) is 5.73 Å². The number of rotatable bonds is 3. The van der Waals surface area contributed by atoms with E-state index in [4.69, 9.17) is 10.2 Å². The number of nitrogens with two attached hydrogens (primary N) is 1. The molecule has 1 aromatic heterocycles. The highest BCUT2D eigenvalue weighted by Crippen LogP contribution is 2.24. The molecule has 3 N–H and O–H groups in total. The Kier molecular flexibility index (Phi) is 3.39. The summed E-state index contributed by atoms with van der Waals surface area (Å²) in [5.41, 5.74) is 8.62. The van der Waals surface area contributed by atoms with Crippen LogP contribution in [-0.2, 0) is 12.0 Å². The number of anilines is 2. The van der Waals surface area contributed by atoms with Crippen LogP contribution in [0.25, 0.3) is 0 Å². The van der Waals surface area contributed by atoms with Crippen molar-refractivity contribution in [2.75, 3.05) is 5.32 Å². The summed E-state index contributed by atoms with van der Waals surface area (Å²) in [6.07, 6.45) is 1.56. The Labute approximate surface area is 107 Å². The third kappa shape index (κ3) is 2.90. The van der Waals surface area contributed by atoms with Gasteiger partial charge in [-0.1, -0.05) is 32.9 Å². The number of hydrogen-bond donors (Lipinski definition) is 2. The number of nitrogens with one attached hydrogen (secondary N) is 1. The molecule has 96 valence electrons. The molecule has 0 radical (unpaired) electrons. The van der Waals surface area contributed by atoms with Crippen LogP contribution in [0.1, 0.15) is 32.0 Å². The summed E-state index contributed by atoms with van der Waals surface area (Å²) in [5, 5.41) is 3.10. The Morgan fingerprint density at radius 3 is 2.39 bits per heavy atom. The lowest BCUT2D eigenvalue weighted by Crippen LogP contribution is -2.10. The fourth-order valence-electron chi connectivity index (χ4n) is 1.64. The minimum absolute atomic E-state index is 0.161. The maximum atomic E-state index is 5.47. The van der Waals surface area contributed by atoms with Crippen molar-refractivity contribution < 1.29 is 4.42 Å². The largest absolute Gasteiger partial charge is 0.432 e. The molecule has 2 aromatic rings. The quantitative estimate of drug-likeness (QED) is 0.871. The van der Waals surface area contributed by atoms with Crippen molar-refractivity contribution in [3.63, 3.8) is 0 Å². The van der Waals surface area contributed by atoms with Gasteiger partial charge in [0.15, 0.2) is 0 Å². The van der Waals surface area contributed by atoms with Crippen molar-refractivity contribution in [3.8, 4) is 0 Å². The zero-order valence-corrected chi connectivity index (χ0v) is 11.0. The van der Waals surface area contributed by atoms with E-state index in [0.29, 0.717) is 12.6 Å². The predicted octanol–water partition coefficient (Wildman–Crippen LogP) is 3.17. The van der Waals surface area contributed by atoms with Crippen LogP contribution in [0.3, 0.4) is 0 Å². The summed E-state index contributed by atoms with van der Waals surface area (Å²) in [7, 11) is 0. The van der Waals surface area contributed by atoms with Crippen LogP contribution in [0.2, 0.25) is 0 Å². The summed E-state index contributed by atoms with van der Waals surface area (Å²) in [5.74, 6) is 0. The first-order chi connectivity index (χ1) is 8.49. The van der Waals surface area contributed by atoms with E-state index in [1.165, 1.54) is 5.56 Å². The van der Waals surface area contributed by atoms with E-state index < -0.39 is 0 Å². The zero-order valence-electron chi connectivity index (χ0n) is 11.0. The Hall–Kier alpha value is -1.81. The molecule has 0 spiro atoms. The minimum Gasteiger partial charge on any atom is -0.432 e. The second-order valence-electron chi connectivity index (χ2n) is 5.30. The van der Waals surface area contributed by atoms with E-state index in [1.807, 2.05) is 12.1 Å². The fraction of sp³-hybridized carbons (Fsp3) is 0.357. The highest BCUT2D eigenvalue weighted by atomic mass is 16.4. The first kappa shape index (κ1) is 12.6. The van der Waals surface area contributed by atoms with Crippen LogP contribution in [0.5, 0.6) is 0 Å². The van der Waals surface area contributed by atoms with E-state index in [0.717, 1.165) is 11.4 Å². The SMILES string of the molecule is CC(C)(C)c1ccc(Nc2nc(CN)co2)cc1. The Balaban J connectivity index is 2.11. The molecular weight excluding hydrogens is 226 g/mol. The lowest BCUT2D eigenvalue weighted by atomic mass is 9.87. The maximum Gasteiger partial charge on any atom is 0.299 e. The summed E-state index contributed by atoms with van der Waals surface area (Å²) in [6.45, 7) is 6.96. The monoisotopic (exact) mass is 245 g/mol. The van der Waals surface area contributed by atoms with Crippen LogP contribution >= 0.6 is 0 Å². The number of nitrogens with zero attached hydrogens (tertiary/aromatic N) is 1. The summed E-state index contributed by atoms with van der Waals surface area (Å²) < 4.78 is 5.25. The normalized spacial score (nSPS) is 11.6. The topological polar surface area (TPSA) is 64.1 Å². The van der Waals surface area contributed by atoms with Gasteiger partial charge in [0.05, 0.1) is 5.69 Å². The van der Waals surface area contributed by atoms with Crippen molar-refractivity contribution in [3.05, 3.63) is 41.8 Å². The summed E-state index contributed by atoms with van der Waals surface area (Å²) in [4.78, 5) is 4.19. The lowest BCUT2D eigenvalue weighted by Gasteiger charge is -2.19. The van der Waals surface area contributed by atoms with Gasteiger partial charge in [0.1, 0.15) is 6.26 Å². The molecular formula is C14H19N3O. The van der Waals surface area contributed by atoms with Gasteiger partial charge in [-0.25, -0.2) is 0 Å². The average molecular weight is 245 g/mol. The standard InChI is InChI=1S/C14H19N3O/c1-14(2,3)10-4-6-11(7-5-10)16-13-17-12(8-15)9-18-13/h4-7,9H,8,15H2,1-3H3,(H,16,17). The molecule has 0 unspecified atom stereocenters. The van der Waals surface area contributed by atoms with Crippen LogP contribution in [0.15, 0.2) is 34.9 Å². The average Bonchev–Trinajstić information content (AvgIpc) is 2.76. The summed E-state index contributed by atoms with van der Waals surface area (Å²) >= 11 is 0. The van der Waals surface area contributed by atoms with Gasteiger partial charge in [-0.05, 0) is 23.1 Å². The van der Waals surface area contributed by atoms with E-state index in [-0.39, 0.29) is 5.41 Å². The second-order valence-corrected chi connectivity index (χ2v) is 5.30. The predicted molar refractivity (Wildman–Crippen MR) is 72.8 cm³/mol. The fourth-order valence-corrected chi connectivity index (χ4v) is 1.64. The zero-order chi connectivity index (χ0) is 13.2. The molecule has 4 heteroatoms. The van der Waals surface area contributed by atoms with Crippen LogP contribution in [0, 0.1) is 0 Å². The minimum atomic E-state index is 0.161. The first-order valence-electron chi connectivity index (χ1n) is 6.01. The molecule has 0 aliphatic rings. The molecule has 0 saturated carbocycles. The van der Waals surface area contributed by atoms with Gasteiger partial charge < -0.3 is 15.5 Å². The molecule has 18 heavy (non-hydrogen) atoms. The van der Waals surface area contributed by atoms with E-state index in [2.05, 4.69) is 43.2 Å². The van der Waals surface area contributed by atoms with Crippen LogP contribution < -0.4 is 11.1 Å². The Morgan fingerprint density at radius 2 is 1.89 bits per heavy atom. The molecule has 2 rings (SSSR count). The number of oxazole rings is 1. The molecule has 0 saturated heterocycles. The number of benzene rings is 1. The Morgan fingerprint density at radius 1 is 1.22 bits per heavy atom. The van der Waals surface area contributed by atoms with E-state index >= 15 is 0 Å². The van der Waals surface area contributed by atoms with Gasteiger partial charge in [0.25, 0.3) is 6.01 Å². The number of hydrogen-bond acceptors (Lipinski definition) is 4. The van der Waals surface area contributed by atoms with Gasteiger partial charge in [-0.15, -0.1) is 0 Å². The lowest BCUT2D eigenvalue weighted by molar-refractivity contribution is 0.575. The molecule has 0 bridgehead atoms. The van der Waals surface area contributed by atoms with Crippen LogP contribution in [0.4, 0.5) is 11.7 Å². The molecule has 0 atom stereocenters. The molecule has 0 aliphatic heterocycles. The van der Waals surface area contributed by atoms with Gasteiger partial charge in [0, 0.05) is 12.2 Å². The molecule has 0 aliphatic carbocycles. The van der Waals surface area contributed by atoms with Crippen molar-refractivity contribution in [1.29, 1.82) is 0 Å². The maximum absolute atomic E-state index is 5.47. The molecule has 1 heterocycles. The van der Waals surface area contributed by atoms with Gasteiger partial charge in [-0.2, -0.15) is 4.98 Å². The van der Waals surface area contributed by atoms with Gasteiger partial charge in [-0.3, -0.25) is 0 Å². The molecule has 4 nitrogen and oxygen atoms in total. The molecule has 0 amide bonds. The third-order valence-electron chi connectivity index (χ3n) is 2.76. The van der Waals surface area contributed by atoms with Crippen molar-refractivity contribution >= 4 is 11.7 Å². The number of aromatic nitrogens is 1. The first-order valence-corrected chi connectivity index (χ1v) is 6.01. The highest BCUT2D eigenvalue weighted by Gasteiger charge is 2.13. The van der Waals surface area contributed by atoms with Gasteiger partial charge in [0.2, 0.25) is 0 Å². The van der Waals surface area contributed by atoms with Crippen molar-refractivity contribution in [1.82, 2.24) is 4.98 Å². The van der Waals surface area contributed by atoms with Crippen molar-refractivity contribution in [2.45, 2.75) is 32.7 Å². The molecule has 1 aromatic carbocycles. The van der Waals surface area contributed by atoms with E-state index in [9.17, 15) is 0 Å². The smallest absolute Gasteiger partial charge is 0.299 e. The highest BCUT2D eigenvalue weighted by molar-refractivity contribution is 5.53. The van der Waals surface area contributed by atoms with Crippen LogP contribution in [-0.4, -0.2) is 4.98 Å². The second kappa shape index (κ2) is 4.82. The van der Waals surface area contributed by atoms with E-state index in [1.54, 1.807) is 6.26 Å². The third-order valence-corrected chi connectivity index (χ3v) is 2.76. The molecule has 0 fully saturated rings. The summed E-state index contributed by atoms with van der Waals surface area (Å²) in [6, 6.07) is 8.73. The Bertz CT molecular complexity index is 509.